The number of H-pyrrole nitrogens is 1. The molecule has 158 valence electrons. The number of hydrogen-bond acceptors (Lipinski definition) is 5. The minimum Gasteiger partial charge on any atom is -0.496 e. The van der Waals surface area contributed by atoms with Crippen LogP contribution in [0.5, 0.6) is 17.2 Å². The molecule has 7 heteroatoms. The molecule has 0 radical (unpaired) electrons. The molecule has 2 aromatic carbocycles. The highest BCUT2D eigenvalue weighted by atomic mass is 35.5. The number of rotatable bonds is 3. The molecule has 2 heterocycles. The van der Waals surface area contributed by atoms with Crippen LogP contribution in [0.1, 0.15) is 33.3 Å². The molecule has 0 saturated carbocycles. The number of halogens is 1. The fourth-order valence-electron chi connectivity index (χ4n) is 4.67. The first kappa shape index (κ1) is 19.7. The highest BCUT2D eigenvalue weighted by Gasteiger charge is 2.62. The molecular weight excluding hydrogens is 418 g/mol. The summed E-state index contributed by atoms with van der Waals surface area (Å²) in [6.45, 7) is 1.84. The Morgan fingerprint density at radius 1 is 1.06 bits per heavy atom. The lowest BCUT2D eigenvalue weighted by Gasteiger charge is -2.35. The van der Waals surface area contributed by atoms with Gasteiger partial charge in [0.25, 0.3) is 0 Å². The molecular formula is C24H20ClNO5. The Bertz CT molecular complexity index is 1230. The molecule has 2 aliphatic rings. The van der Waals surface area contributed by atoms with Crippen molar-refractivity contribution in [2.75, 3.05) is 14.2 Å². The van der Waals surface area contributed by atoms with Crippen molar-refractivity contribution < 1.29 is 23.8 Å². The maximum atomic E-state index is 14.0. The molecule has 3 aromatic rings. The van der Waals surface area contributed by atoms with Gasteiger partial charge in [-0.2, -0.15) is 0 Å². The summed E-state index contributed by atoms with van der Waals surface area (Å²) < 4.78 is 16.9. The maximum absolute atomic E-state index is 14.0. The molecule has 0 fully saturated rings. The van der Waals surface area contributed by atoms with Gasteiger partial charge in [0.15, 0.2) is 5.75 Å². The molecule has 2 atom stereocenters. The van der Waals surface area contributed by atoms with Gasteiger partial charge >= 0.3 is 0 Å². The Kier molecular flexibility index (Phi) is 4.38. The van der Waals surface area contributed by atoms with E-state index in [2.05, 4.69) is 4.98 Å². The second kappa shape index (κ2) is 6.89. The molecule has 1 aliphatic carbocycles. The highest BCUT2D eigenvalue weighted by molar-refractivity contribution is 6.36. The van der Waals surface area contributed by atoms with E-state index >= 15 is 0 Å². The lowest BCUT2D eigenvalue weighted by Crippen LogP contribution is -2.56. The second-order valence-electron chi connectivity index (χ2n) is 7.82. The van der Waals surface area contributed by atoms with Crippen molar-refractivity contribution in [3.63, 3.8) is 0 Å². The molecule has 6 nitrogen and oxygen atoms in total. The molecule has 1 N–H and O–H groups in total. The van der Waals surface area contributed by atoms with Gasteiger partial charge in [0.2, 0.25) is 17.2 Å². The Hall–Kier alpha value is -3.25. The van der Waals surface area contributed by atoms with Gasteiger partial charge in [-0.25, -0.2) is 0 Å². The number of benzene rings is 2. The molecule has 0 saturated heterocycles. The third-order valence-corrected chi connectivity index (χ3v) is 6.59. The van der Waals surface area contributed by atoms with Crippen LogP contribution < -0.4 is 14.2 Å². The van der Waals surface area contributed by atoms with Gasteiger partial charge in [-0.3, -0.25) is 9.59 Å². The van der Waals surface area contributed by atoms with Crippen molar-refractivity contribution in [2.45, 2.75) is 18.9 Å². The van der Waals surface area contributed by atoms with Crippen LogP contribution in [0.25, 0.3) is 11.1 Å². The SMILES string of the molecule is COc1cc(OC)c2c(c1Cl)OC1(C(=O)c3c(-c4ccccc4)c[nH]c3CC1C)C2=O. The van der Waals surface area contributed by atoms with Gasteiger partial charge in [0, 0.05) is 29.4 Å². The monoisotopic (exact) mass is 437 g/mol. The number of aromatic amines is 1. The number of methoxy groups -OCH3 is 2. The molecule has 0 amide bonds. The van der Waals surface area contributed by atoms with Crippen LogP contribution in [0.4, 0.5) is 0 Å². The summed E-state index contributed by atoms with van der Waals surface area (Å²) in [5, 5.41) is 0.145. The van der Waals surface area contributed by atoms with Gasteiger partial charge in [-0.05, 0) is 12.0 Å². The predicted molar refractivity (Wildman–Crippen MR) is 116 cm³/mol. The third kappa shape index (κ3) is 2.51. The lowest BCUT2D eigenvalue weighted by atomic mass is 9.70. The quantitative estimate of drug-likeness (QED) is 0.599. The number of Topliss-reactive ketones (excluding diaryl/α,β-unsaturated/α-hetero) is 2. The molecule has 1 spiro atoms. The summed E-state index contributed by atoms with van der Waals surface area (Å²) >= 11 is 6.48. The van der Waals surface area contributed by atoms with E-state index in [0.29, 0.717) is 17.7 Å². The van der Waals surface area contributed by atoms with Crippen molar-refractivity contribution in [3.05, 3.63) is 64.4 Å². The minimum atomic E-state index is -1.70. The summed E-state index contributed by atoms with van der Waals surface area (Å²) in [6, 6.07) is 11.1. The van der Waals surface area contributed by atoms with Crippen LogP contribution in [0, 0.1) is 5.92 Å². The van der Waals surface area contributed by atoms with E-state index in [1.54, 1.807) is 0 Å². The molecule has 1 aliphatic heterocycles. The van der Waals surface area contributed by atoms with Crippen molar-refractivity contribution >= 4 is 23.2 Å². The third-order valence-electron chi connectivity index (χ3n) is 6.23. The number of aromatic nitrogens is 1. The largest absolute Gasteiger partial charge is 0.496 e. The first-order chi connectivity index (χ1) is 14.9. The van der Waals surface area contributed by atoms with E-state index in [-0.39, 0.29) is 27.9 Å². The summed E-state index contributed by atoms with van der Waals surface area (Å²) in [5.41, 5.74) is 1.38. The Balaban J connectivity index is 1.70. The van der Waals surface area contributed by atoms with Crippen molar-refractivity contribution in [1.82, 2.24) is 4.98 Å². The van der Waals surface area contributed by atoms with Gasteiger partial charge in [-0.1, -0.05) is 48.9 Å². The number of ether oxygens (including phenoxy) is 3. The van der Waals surface area contributed by atoms with Crippen LogP contribution in [0.3, 0.4) is 0 Å². The normalized spacial score (nSPS) is 21.6. The van der Waals surface area contributed by atoms with Gasteiger partial charge < -0.3 is 19.2 Å². The van der Waals surface area contributed by atoms with Crippen molar-refractivity contribution in [3.8, 4) is 28.4 Å². The molecule has 2 unspecified atom stereocenters. The summed E-state index contributed by atoms with van der Waals surface area (Å²) in [7, 11) is 2.91. The Labute approximate surface area is 184 Å². The van der Waals surface area contributed by atoms with Crippen LogP contribution in [-0.4, -0.2) is 36.4 Å². The molecule has 5 rings (SSSR count). The average molecular weight is 438 g/mol. The van der Waals surface area contributed by atoms with Crippen LogP contribution in [0.15, 0.2) is 42.6 Å². The van der Waals surface area contributed by atoms with Gasteiger partial charge in [0.05, 0.1) is 19.8 Å². The average Bonchev–Trinajstić information content (AvgIpc) is 3.34. The number of fused-ring (bicyclic) bond motifs is 2. The molecule has 0 bridgehead atoms. The summed E-state index contributed by atoms with van der Waals surface area (Å²) in [6.07, 6.45) is 2.29. The fourth-order valence-corrected chi connectivity index (χ4v) is 4.93. The van der Waals surface area contributed by atoms with Crippen LogP contribution in [-0.2, 0) is 6.42 Å². The number of carbonyl (C=O) groups is 2. The zero-order valence-electron chi connectivity index (χ0n) is 17.2. The fraction of sp³-hybridized carbons (Fsp3) is 0.250. The predicted octanol–water partition coefficient (Wildman–Crippen LogP) is 4.74. The zero-order chi connectivity index (χ0) is 21.9. The van der Waals surface area contributed by atoms with E-state index < -0.39 is 17.3 Å². The minimum absolute atomic E-state index is 0.128. The molecule has 31 heavy (non-hydrogen) atoms. The number of carbonyl (C=O) groups excluding carboxylic acids is 2. The van der Waals surface area contributed by atoms with Gasteiger partial charge in [-0.15, -0.1) is 0 Å². The standard InChI is InChI=1S/C24H20ClNO5/c1-12-9-15-18(14(11-26-15)13-7-5-4-6-8-13)22(27)24(12)23(28)19-16(29-2)10-17(30-3)20(25)21(19)31-24/h4-8,10-12,26H,9H2,1-3H3. The highest BCUT2D eigenvalue weighted by Crippen LogP contribution is 2.54. The first-order valence-corrected chi connectivity index (χ1v) is 10.3. The number of ketones is 2. The van der Waals surface area contributed by atoms with E-state index in [1.807, 2.05) is 43.5 Å². The summed E-state index contributed by atoms with van der Waals surface area (Å²) in [5.74, 6) is -0.525. The number of hydrogen-bond donors (Lipinski definition) is 1. The first-order valence-electron chi connectivity index (χ1n) is 9.92. The van der Waals surface area contributed by atoms with E-state index in [9.17, 15) is 9.59 Å². The van der Waals surface area contributed by atoms with Crippen LogP contribution in [0.2, 0.25) is 5.02 Å². The Morgan fingerprint density at radius 3 is 2.42 bits per heavy atom. The topological polar surface area (TPSA) is 77.6 Å². The van der Waals surface area contributed by atoms with E-state index in [0.717, 1.165) is 16.8 Å². The smallest absolute Gasteiger partial charge is 0.237 e. The van der Waals surface area contributed by atoms with Crippen molar-refractivity contribution in [2.24, 2.45) is 5.92 Å². The maximum Gasteiger partial charge on any atom is 0.237 e. The second-order valence-corrected chi connectivity index (χ2v) is 8.20. The number of nitrogens with one attached hydrogen (secondary N) is 1. The lowest BCUT2D eigenvalue weighted by molar-refractivity contribution is 0.0259. The van der Waals surface area contributed by atoms with Crippen molar-refractivity contribution in [1.29, 1.82) is 0 Å². The summed E-state index contributed by atoms with van der Waals surface area (Å²) in [4.78, 5) is 31.0. The van der Waals surface area contributed by atoms with E-state index in [1.165, 1.54) is 20.3 Å². The molecule has 1 aromatic heterocycles. The zero-order valence-corrected chi connectivity index (χ0v) is 18.0. The van der Waals surface area contributed by atoms with E-state index in [4.69, 9.17) is 25.8 Å². The van der Waals surface area contributed by atoms with Gasteiger partial charge in [0.1, 0.15) is 22.1 Å². The Morgan fingerprint density at radius 2 is 1.74 bits per heavy atom. The van der Waals surface area contributed by atoms with Crippen LogP contribution >= 0.6 is 11.6 Å².